The molecule has 1 aliphatic heterocycles. The van der Waals surface area contributed by atoms with Crippen LogP contribution < -0.4 is 31.1 Å². The number of urea groups is 1. The fourth-order valence-electron chi connectivity index (χ4n) is 6.15. The molecule has 4 aromatic rings. The SMILES string of the molecule is CN(C)c1ccc(NC(=O)Nc2ccc3c(c2)CCN3c2nc(NC3CCC(NC(=O)OC(C)(C)C)CC3)nc3c2ncn3C(=O)O)cc1. The van der Waals surface area contributed by atoms with Gasteiger partial charge in [-0.3, -0.25) is 0 Å². The number of anilines is 6. The van der Waals surface area contributed by atoms with Gasteiger partial charge in [0.05, 0.1) is 0 Å². The number of hydrogen-bond donors (Lipinski definition) is 5. The third-order valence-corrected chi connectivity index (χ3v) is 8.50. The molecule has 5 N–H and O–H groups in total. The van der Waals surface area contributed by atoms with Gasteiger partial charge in [0.2, 0.25) is 5.95 Å². The maximum absolute atomic E-state index is 12.8. The first-order chi connectivity index (χ1) is 23.3. The number of nitrogens with one attached hydrogen (secondary N) is 4. The molecule has 3 amide bonds. The molecule has 3 heterocycles. The zero-order valence-electron chi connectivity index (χ0n) is 28.3. The van der Waals surface area contributed by atoms with Gasteiger partial charge in [0.15, 0.2) is 17.0 Å². The molecular formula is C34H42N10O5. The molecule has 15 heteroatoms. The maximum atomic E-state index is 12.8. The van der Waals surface area contributed by atoms with Crippen LogP contribution in [0.5, 0.6) is 0 Å². The van der Waals surface area contributed by atoms with E-state index in [0.717, 1.165) is 47.2 Å². The van der Waals surface area contributed by atoms with E-state index in [0.29, 0.717) is 41.6 Å². The summed E-state index contributed by atoms with van der Waals surface area (Å²) in [5, 5.41) is 22.0. The zero-order chi connectivity index (χ0) is 34.9. The van der Waals surface area contributed by atoms with Crippen molar-refractivity contribution >= 4 is 63.9 Å². The van der Waals surface area contributed by atoms with E-state index in [-0.39, 0.29) is 23.8 Å². The third-order valence-electron chi connectivity index (χ3n) is 8.50. The Morgan fingerprint density at radius 2 is 1.61 bits per heavy atom. The fourth-order valence-corrected chi connectivity index (χ4v) is 6.15. The van der Waals surface area contributed by atoms with E-state index in [1.165, 1.54) is 6.33 Å². The van der Waals surface area contributed by atoms with Gasteiger partial charge < -0.3 is 40.9 Å². The number of aromatic nitrogens is 4. The summed E-state index contributed by atoms with van der Waals surface area (Å²) in [5.74, 6) is 0.794. The fraction of sp³-hybridized carbons (Fsp3) is 0.412. The summed E-state index contributed by atoms with van der Waals surface area (Å²) in [5.41, 5.74) is 4.23. The first-order valence-electron chi connectivity index (χ1n) is 16.3. The summed E-state index contributed by atoms with van der Waals surface area (Å²) < 4.78 is 6.39. The summed E-state index contributed by atoms with van der Waals surface area (Å²) in [6.07, 6.45) is 3.30. The number of ether oxygens (including phenoxy) is 1. The Kier molecular flexibility index (Phi) is 9.17. The topological polar surface area (TPSA) is 179 Å². The van der Waals surface area contributed by atoms with Crippen molar-refractivity contribution in [3.8, 4) is 0 Å². The highest BCUT2D eigenvalue weighted by Crippen LogP contribution is 2.38. The van der Waals surface area contributed by atoms with Crippen molar-refractivity contribution < 1.29 is 24.2 Å². The standard InChI is InChI=1S/C34H42N10O5/c1-34(2,3)49-32(46)39-23-8-6-21(7-9-23)36-30-40-28(27-29(41-30)44(19-35-27)33(47)48)43-17-16-20-18-24(12-15-26(20)43)38-31(45)37-22-10-13-25(14-11-22)42(4)5/h10-15,18-19,21,23H,6-9,16-17H2,1-5H3,(H,39,46)(H,47,48)(H,36,40,41)(H2,37,38,45). The van der Waals surface area contributed by atoms with Crippen LogP contribution in [0.4, 0.5) is 48.9 Å². The largest absolute Gasteiger partial charge is 0.464 e. The Bertz CT molecular complexity index is 1860. The van der Waals surface area contributed by atoms with Crippen LogP contribution in [0.15, 0.2) is 48.8 Å². The van der Waals surface area contributed by atoms with Crippen molar-refractivity contribution in [1.82, 2.24) is 24.8 Å². The van der Waals surface area contributed by atoms with Gasteiger partial charge in [-0.1, -0.05) is 0 Å². The van der Waals surface area contributed by atoms with Gasteiger partial charge in [-0.05, 0) is 101 Å². The number of imidazole rings is 1. The van der Waals surface area contributed by atoms with Crippen molar-refractivity contribution in [2.45, 2.75) is 70.6 Å². The molecular weight excluding hydrogens is 628 g/mol. The second-order valence-corrected chi connectivity index (χ2v) is 13.5. The lowest BCUT2D eigenvalue weighted by Gasteiger charge is -2.30. The predicted molar refractivity (Wildman–Crippen MR) is 188 cm³/mol. The quantitative estimate of drug-likeness (QED) is 0.156. The average molecular weight is 671 g/mol. The Labute approximate surface area is 284 Å². The van der Waals surface area contributed by atoms with Crippen LogP contribution in [-0.4, -0.2) is 81.2 Å². The van der Waals surface area contributed by atoms with Gasteiger partial charge in [0, 0.05) is 55.5 Å². The molecule has 0 spiro atoms. The van der Waals surface area contributed by atoms with Gasteiger partial charge in [-0.2, -0.15) is 9.97 Å². The molecule has 0 saturated heterocycles. The number of nitrogens with zero attached hydrogens (tertiary/aromatic N) is 6. The number of carboxylic acid groups (broad SMARTS) is 1. The van der Waals surface area contributed by atoms with E-state index in [1.54, 1.807) is 0 Å². The van der Waals surface area contributed by atoms with Gasteiger partial charge in [0.1, 0.15) is 11.9 Å². The van der Waals surface area contributed by atoms with E-state index in [1.807, 2.05) is 87.1 Å². The Hall–Kier alpha value is -5.60. The number of amides is 3. The lowest BCUT2D eigenvalue weighted by Crippen LogP contribution is -2.42. The molecule has 2 aromatic heterocycles. The number of carbonyl (C=O) groups is 3. The smallest absolute Gasteiger partial charge is 0.418 e. The molecule has 1 aliphatic carbocycles. The van der Waals surface area contributed by atoms with E-state index >= 15 is 0 Å². The van der Waals surface area contributed by atoms with Crippen LogP contribution in [0.25, 0.3) is 11.2 Å². The molecule has 1 saturated carbocycles. The minimum atomic E-state index is -1.20. The van der Waals surface area contributed by atoms with Crippen LogP contribution in [0.3, 0.4) is 0 Å². The molecule has 2 aromatic carbocycles. The van der Waals surface area contributed by atoms with Crippen LogP contribution in [0, 0.1) is 0 Å². The van der Waals surface area contributed by atoms with Crippen LogP contribution >= 0.6 is 0 Å². The van der Waals surface area contributed by atoms with Crippen LogP contribution in [0.1, 0.15) is 52.0 Å². The second kappa shape index (κ2) is 13.5. The molecule has 15 nitrogen and oxygen atoms in total. The van der Waals surface area contributed by atoms with Crippen LogP contribution in [0.2, 0.25) is 0 Å². The van der Waals surface area contributed by atoms with E-state index in [2.05, 4.69) is 31.2 Å². The third kappa shape index (κ3) is 7.77. The Morgan fingerprint density at radius 1 is 0.939 bits per heavy atom. The molecule has 258 valence electrons. The number of benzene rings is 2. The van der Waals surface area contributed by atoms with Gasteiger partial charge >= 0.3 is 18.2 Å². The van der Waals surface area contributed by atoms with E-state index in [9.17, 15) is 19.5 Å². The molecule has 6 rings (SSSR count). The van der Waals surface area contributed by atoms with Crippen molar-refractivity contribution in [3.63, 3.8) is 0 Å². The molecule has 0 unspecified atom stereocenters. The number of alkyl carbamates (subject to hydrolysis) is 1. The summed E-state index contributed by atoms with van der Waals surface area (Å²) >= 11 is 0. The Morgan fingerprint density at radius 3 is 2.29 bits per heavy atom. The normalized spacial score (nSPS) is 17.3. The number of fused-ring (bicyclic) bond motifs is 2. The Balaban J connectivity index is 1.16. The minimum Gasteiger partial charge on any atom is -0.464 e. The highest BCUT2D eigenvalue weighted by atomic mass is 16.6. The minimum absolute atomic E-state index is 0.00138. The summed E-state index contributed by atoms with van der Waals surface area (Å²) in [7, 11) is 3.91. The lowest BCUT2D eigenvalue weighted by molar-refractivity contribution is 0.0492. The van der Waals surface area contributed by atoms with Crippen molar-refractivity contribution in [3.05, 3.63) is 54.4 Å². The van der Waals surface area contributed by atoms with Crippen molar-refractivity contribution in [1.29, 1.82) is 0 Å². The first-order valence-corrected chi connectivity index (χ1v) is 16.3. The zero-order valence-corrected chi connectivity index (χ0v) is 28.3. The van der Waals surface area contributed by atoms with Crippen LogP contribution in [-0.2, 0) is 11.2 Å². The van der Waals surface area contributed by atoms with E-state index in [4.69, 9.17) is 9.72 Å². The first kappa shape index (κ1) is 33.3. The highest BCUT2D eigenvalue weighted by molar-refractivity contribution is 6.00. The summed E-state index contributed by atoms with van der Waals surface area (Å²) in [6, 6.07) is 12.9. The monoisotopic (exact) mass is 670 g/mol. The van der Waals surface area contributed by atoms with Crippen molar-refractivity contribution in [2.75, 3.05) is 46.4 Å². The molecule has 0 radical (unpaired) electrons. The molecule has 49 heavy (non-hydrogen) atoms. The highest BCUT2D eigenvalue weighted by Gasteiger charge is 2.29. The summed E-state index contributed by atoms with van der Waals surface area (Å²) in [6.45, 7) is 6.08. The number of hydrogen-bond acceptors (Lipinski definition) is 10. The van der Waals surface area contributed by atoms with Gasteiger partial charge in [-0.15, -0.1) is 0 Å². The van der Waals surface area contributed by atoms with Gasteiger partial charge in [-0.25, -0.2) is 23.9 Å². The second-order valence-electron chi connectivity index (χ2n) is 13.5. The molecule has 1 fully saturated rings. The maximum Gasteiger partial charge on any atom is 0.418 e. The van der Waals surface area contributed by atoms with E-state index < -0.39 is 17.8 Å². The average Bonchev–Trinajstić information content (AvgIpc) is 3.65. The van der Waals surface area contributed by atoms with Gasteiger partial charge in [0.25, 0.3) is 0 Å². The number of carbonyl (C=O) groups excluding carboxylic acids is 2. The summed E-state index contributed by atoms with van der Waals surface area (Å²) in [4.78, 5) is 54.8. The lowest BCUT2D eigenvalue weighted by atomic mass is 9.91. The number of rotatable bonds is 7. The predicted octanol–water partition coefficient (Wildman–Crippen LogP) is 6.00. The molecule has 0 bridgehead atoms. The molecule has 2 aliphatic rings. The molecule has 0 atom stereocenters. The van der Waals surface area contributed by atoms with Crippen molar-refractivity contribution in [2.24, 2.45) is 0 Å².